The largest absolute Gasteiger partial charge is 0.480 e. The summed E-state index contributed by atoms with van der Waals surface area (Å²) in [5, 5.41) is 11.5. The van der Waals surface area contributed by atoms with Gasteiger partial charge in [-0.05, 0) is 19.3 Å². The Morgan fingerprint density at radius 1 is 1.20 bits per heavy atom. The first-order valence-electron chi connectivity index (χ1n) is 6.75. The second kappa shape index (κ2) is 7.47. The molecule has 0 aromatic rings. The Hall–Kier alpha value is -1.31. The molecule has 1 atom stereocenters. The van der Waals surface area contributed by atoms with Crippen molar-refractivity contribution < 1.29 is 23.1 Å². The summed E-state index contributed by atoms with van der Waals surface area (Å²) in [7, 11) is -3.25. The first-order valence-corrected chi connectivity index (χ1v) is 8.81. The number of urea groups is 1. The normalized spacial score (nSPS) is 18.1. The molecule has 2 amide bonds. The molecule has 0 saturated carbocycles. The van der Waals surface area contributed by atoms with E-state index < -0.39 is 27.9 Å². The summed E-state index contributed by atoms with van der Waals surface area (Å²) < 4.78 is 22.2. The van der Waals surface area contributed by atoms with Crippen LogP contribution >= 0.6 is 0 Å². The smallest absolute Gasteiger partial charge is 0.326 e. The third kappa shape index (κ3) is 6.23. The number of hydrogen-bond acceptors (Lipinski definition) is 4. The van der Waals surface area contributed by atoms with Crippen LogP contribution in [-0.2, 0) is 14.6 Å². The summed E-state index contributed by atoms with van der Waals surface area (Å²) in [6.45, 7) is 1.23. The predicted molar refractivity (Wildman–Crippen MR) is 74.3 cm³/mol. The van der Waals surface area contributed by atoms with Gasteiger partial charge in [0.15, 0.2) is 0 Å². The zero-order chi connectivity index (χ0) is 15.2. The molecule has 1 heterocycles. The minimum Gasteiger partial charge on any atom is -0.480 e. The first kappa shape index (κ1) is 16.7. The Kier molecular flexibility index (Phi) is 6.25. The molecule has 0 radical (unpaired) electrons. The van der Waals surface area contributed by atoms with Crippen LogP contribution in [0.3, 0.4) is 0 Å². The average molecular weight is 306 g/mol. The van der Waals surface area contributed by atoms with Crippen LogP contribution in [0.25, 0.3) is 0 Å². The van der Waals surface area contributed by atoms with E-state index in [-0.39, 0.29) is 12.2 Å². The lowest BCUT2D eigenvalue weighted by molar-refractivity contribution is -0.139. The molecule has 2 N–H and O–H groups in total. The molecule has 20 heavy (non-hydrogen) atoms. The van der Waals surface area contributed by atoms with Crippen LogP contribution in [0.1, 0.15) is 32.1 Å². The molecule has 0 aliphatic carbocycles. The van der Waals surface area contributed by atoms with Crippen molar-refractivity contribution in [2.24, 2.45) is 0 Å². The number of carboxylic acids is 1. The Balaban J connectivity index is 2.55. The summed E-state index contributed by atoms with van der Waals surface area (Å²) in [5.41, 5.74) is 0. The van der Waals surface area contributed by atoms with Crippen LogP contribution in [-0.4, -0.2) is 61.6 Å². The zero-order valence-electron chi connectivity index (χ0n) is 11.7. The maximum Gasteiger partial charge on any atom is 0.326 e. The van der Waals surface area contributed by atoms with E-state index in [1.165, 1.54) is 0 Å². The SMILES string of the molecule is CS(=O)(=O)CCC(NC(=O)N1CCCCCC1)C(=O)O. The molecule has 0 aromatic heterocycles. The Labute approximate surface area is 119 Å². The molecule has 1 fully saturated rings. The molecule has 0 aromatic carbocycles. The van der Waals surface area contributed by atoms with Gasteiger partial charge in [0.05, 0.1) is 5.75 Å². The second-order valence-corrected chi connectivity index (χ2v) is 7.42. The number of carbonyl (C=O) groups is 2. The van der Waals surface area contributed by atoms with E-state index in [2.05, 4.69) is 5.32 Å². The van der Waals surface area contributed by atoms with E-state index in [1.54, 1.807) is 4.90 Å². The maximum atomic E-state index is 12.0. The fourth-order valence-electron chi connectivity index (χ4n) is 2.10. The lowest BCUT2D eigenvalue weighted by atomic mass is 10.2. The molecule has 1 rings (SSSR count). The molecular weight excluding hydrogens is 284 g/mol. The fourth-order valence-corrected chi connectivity index (χ4v) is 2.77. The van der Waals surface area contributed by atoms with Crippen molar-refractivity contribution in [3.05, 3.63) is 0 Å². The lowest BCUT2D eigenvalue weighted by Gasteiger charge is -2.23. The summed E-state index contributed by atoms with van der Waals surface area (Å²) in [5.74, 6) is -1.47. The van der Waals surface area contributed by atoms with Crippen LogP contribution in [0, 0.1) is 0 Å². The molecular formula is C12H22N2O5S. The number of carbonyl (C=O) groups excluding carboxylic acids is 1. The van der Waals surface area contributed by atoms with Crippen molar-refractivity contribution in [1.29, 1.82) is 0 Å². The van der Waals surface area contributed by atoms with Gasteiger partial charge >= 0.3 is 12.0 Å². The molecule has 1 unspecified atom stereocenters. The molecule has 0 spiro atoms. The summed E-state index contributed by atoms with van der Waals surface area (Å²) in [6.07, 6.45) is 4.89. The van der Waals surface area contributed by atoms with E-state index >= 15 is 0 Å². The van der Waals surface area contributed by atoms with E-state index in [4.69, 9.17) is 5.11 Å². The topological polar surface area (TPSA) is 104 Å². The number of nitrogens with one attached hydrogen (secondary N) is 1. The highest BCUT2D eigenvalue weighted by atomic mass is 32.2. The van der Waals surface area contributed by atoms with Gasteiger partial charge in [0.25, 0.3) is 0 Å². The molecule has 8 heteroatoms. The molecule has 1 aliphatic heterocycles. The van der Waals surface area contributed by atoms with Crippen LogP contribution in [0.5, 0.6) is 0 Å². The van der Waals surface area contributed by atoms with Gasteiger partial charge in [-0.2, -0.15) is 0 Å². The highest BCUT2D eigenvalue weighted by Crippen LogP contribution is 2.10. The second-order valence-electron chi connectivity index (χ2n) is 5.16. The third-order valence-electron chi connectivity index (χ3n) is 3.27. The minimum atomic E-state index is -3.25. The highest BCUT2D eigenvalue weighted by molar-refractivity contribution is 7.90. The number of aliphatic carboxylic acids is 1. The molecule has 7 nitrogen and oxygen atoms in total. The number of hydrogen-bond donors (Lipinski definition) is 2. The first-order chi connectivity index (χ1) is 9.29. The number of amides is 2. The van der Waals surface area contributed by atoms with Gasteiger partial charge in [-0.1, -0.05) is 12.8 Å². The van der Waals surface area contributed by atoms with Gasteiger partial charge in [0.2, 0.25) is 0 Å². The van der Waals surface area contributed by atoms with Crippen molar-refractivity contribution in [1.82, 2.24) is 10.2 Å². The summed E-state index contributed by atoms with van der Waals surface area (Å²) in [4.78, 5) is 24.7. The van der Waals surface area contributed by atoms with Crippen molar-refractivity contribution in [2.75, 3.05) is 25.1 Å². The van der Waals surface area contributed by atoms with E-state index in [0.29, 0.717) is 13.1 Å². The Bertz CT molecular complexity index is 441. The Morgan fingerprint density at radius 3 is 2.20 bits per heavy atom. The van der Waals surface area contributed by atoms with Crippen LogP contribution in [0.4, 0.5) is 4.79 Å². The van der Waals surface area contributed by atoms with E-state index in [0.717, 1.165) is 31.9 Å². The fraction of sp³-hybridized carbons (Fsp3) is 0.833. The minimum absolute atomic E-state index is 0.117. The van der Waals surface area contributed by atoms with Crippen LogP contribution in [0.15, 0.2) is 0 Å². The van der Waals surface area contributed by atoms with Gasteiger partial charge < -0.3 is 15.3 Å². The van der Waals surface area contributed by atoms with Crippen molar-refractivity contribution in [3.8, 4) is 0 Å². The van der Waals surface area contributed by atoms with Crippen LogP contribution in [0.2, 0.25) is 0 Å². The molecule has 1 aliphatic rings. The number of likely N-dealkylation sites (tertiary alicyclic amines) is 1. The summed E-state index contributed by atoms with van der Waals surface area (Å²) in [6, 6.07) is -1.59. The number of carboxylic acid groups (broad SMARTS) is 1. The monoisotopic (exact) mass is 306 g/mol. The summed E-state index contributed by atoms with van der Waals surface area (Å²) >= 11 is 0. The number of sulfone groups is 1. The number of nitrogens with zero attached hydrogens (tertiary/aromatic N) is 1. The van der Waals surface area contributed by atoms with E-state index in [1.807, 2.05) is 0 Å². The molecule has 116 valence electrons. The zero-order valence-corrected chi connectivity index (χ0v) is 12.5. The Morgan fingerprint density at radius 2 is 1.75 bits per heavy atom. The van der Waals surface area contributed by atoms with Gasteiger partial charge in [0.1, 0.15) is 15.9 Å². The predicted octanol–water partition coefficient (Wildman–Crippen LogP) is 0.460. The quantitative estimate of drug-likeness (QED) is 0.768. The molecule has 1 saturated heterocycles. The van der Waals surface area contributed by atoms with Crippen LogP contribution < -0.4 is 5.32 Å². The standard InChI is InChI=1S/C12H22N2O5S/c1-20(18,19)9-6-10(11(15)16)13-12(17)14-7-4-2-3-5-8-14/h10H,2-9H2,1H3,(H,13,17)(H,15,16). The van der Waals surface area contributed by atoms with Gasteiger partial charge in [-0.15, -0.1) is 0 Å². The van der Waals surface area contributed by atoms with Gasteiger partial charge in [0, 0.05) is 19.3 Å². The van der Waals surface area contributed by atoms with Crippen molar-refractivity contribution >= 4 is 21.8 Å². The number of rotatable bonds is 5. The maximum absolute atomic E-state index is 12.0. The van der Waals surface area contributed by atoms with Gasteiger partial charge in [-0.25, -0.2) is 18.0 Å². The average Bonchev–Trinajstić information content (AvgIpc) is 2.61. The highest BCUT2D eigenvalue weighted by Gasteiger charge is 2.24. The van der Waals surface area contributed by atoms with Crippen molar-refractivity contribution in [2.45, 2.75) is 38.1 Å². The molecule has 0 bridgehead atoms. The lowest BCUT2D eigenvalue weighted by Crippen LogP contribution is -2.48. The van der Waals surface area contributed by atoms with Gasteiger partial charge in [-0.3, -0.25) is 0 Å². The van der Waals surface area contributed by atoms with Crippen molar-refractivity contribution in [3.63, 3.8) is 0 Å². The van der Waals surface area contributed by atoms with E-state index in [9.17, 15) is 18.0 Å². The third-order valence-corrected chi connectivity index (χ3v) is 4.24.